The smallest absolute Gasteiger partial charge is 0.164 e. The molecular formula is C64H41N3O. The molecule has 0 radical (unpaired) electrons. The van der Waals surface area contributed by atoms with Gasteiger partial charge in [0.25, 0.3) is 0 Å². The van der Waals surface area contributed by atoms with E-state index >= 15 is 0 Å². The monoisotopic (exact) mass is 867 g/mol. The van der Waals surface area contributed by atoms with Gasteiger partial charge in [-0.2, -0.15) is 0 Å². The molecule has 0 fully saturated rings. The number of nitrogens with zero attached hydrogens (tertiary/aromatic N) is 3. The van der Waals surface area contributed by atoms with Gasteiger partial charge < -0.3 is 4.42 Å². The summed E-state index contributed by atoms with van der Waals surface area (Å²) >= 11 is 0. The van der Waals surface area contributed by atoms with Crippen molar-refractivity contribution in [1.29, 1.82) is 0 Å². The minimum absolute atomic E-state index is 0.557. The van der Waals surface area contributed by atoms with Crippen molar-refractivity contribution in [3.8, 4) is 78.7 Å². The SMILES string of the molecule is c1ccc(-c2nc(-c3ccccc3)nc(-c3cccc(-c4cccc(-c5cc6c(cc5-c5ccc7c(c5)oc5ccccc57)-c5ccccc5C6(c5ccccc5)c5ccccc5)c4)c3)n2)cc1. The van der Waals surface area contributed by atoms with Crippen LogP contribution in [0.1, 0.15) is 22.3 Å². The summed E-state index contributed by atoms with van der Waals surface area (Å²) in [4.78, 5) is 15.1. The molecule has 4 nitrogen and oxygen atoms in total. The van der Waals surface area contributed by atoms with Crippen molar-refractivity contribution in [2.45, 2.75) is 5.41 Å². The average molecular weight is 868 g/mol. The standard InChI is InChI=1S/C64H41N3O/c1-5-19-42(20-6-1)61-65-62(43-21-7-2-8-22-43)67-63(66-61)48-26-18-24-45(38-48)44-23-17-25-46(37-44)55-41-58-56(40-54(55)47-35-36-53-52-32-14-16-34-59(52)68-60(53)39-47)51-31-13-15-33-57(51)64(58,49-27-9-3-10-28-49)50-29-11-4-12-30-50/h1-41H. The van der Waals surface area contributed by atoms with Gasteiger partial charge in [-0.1, -0.05) is 206 Å². The van der Waals surface area contributed by atoms with E-state index < -0.39 is 5.41 Å². The number of para-hydroxylation sites is 1. The van der Waals surface area contributed by atoms with Crippen molar-refractivity contribution in [2.24, 2.45) is 0 Å². The number of benzene rings is 10. The molecule has 318 valence electrons. The third kappa shape index (κ3) is 6.49. The zero-order chi connectivity index (χ0) is 45.0. The first kappa shape index (κ1) is 39.4. The predicted octanol–water partition coefficient (Wildman–Crippen LogP) is 16.1. The van der Waals surface area contributed by atoms with Crippen LogP contribution in [0, 0.1) is 0 Å². The largest absolute Gasteiger partial charge is 0.456 e. The Bertz CT molecular complexity index is 3750. The molecule has 0 atom stereocenters. The van der Waals surface area contributed by atoms with E-state index in [4.69, 9.17) is 19.4 Å². The molecule has 2 heterocycles. The van der Waals surface area contributed by atoms with Crippen molar-refractivity contribution in [1.82, 2.24) is 15.0 Å². The van der Waals surface area contributed by atoms with E-state index in [0.717, 1.165) is 72.0 Å². The van der Waals surface area contributed by atoms with Crippen LogP contribution in [-0.4, -0.2) is 15.0 Å². The zero-order valence-corrected chi connectivity index (χ0v) is 36.9. The summed E-state index contributed by atoms with van der Waals surface area (Å²) in [7, 11) is 0. The Balaban J connectivity index is 1.01. The Morgan fingerprint density at radius 3 is 1.40 bits per heavy atom. The van der Waals surface area contributed by atoms with E-state index in [1.807, 2.05) is 72.8 Å². The van der Waals surface area contributed by atoms with Gasteiger partial charge in [-0.05, 0) is 109 Å². The quantitative estimate of drug-likeness (QED) is 0.153. The molecule has 0 saturated heterocycles. The maximum atomic E-state index is 6.53. The maximum absolute atomic E-state index is 6.53. The predicted molar refractivity (Wildman–Crippen MR) is 277 cm³/mol. The number of fused-ring (bicyclic) bond motifs is 6. The van der Waals surface area contributed by atoms with Crippen LogP contribution in [0.4, 0.5) is 0 Å². The third-order valence-corrected chi connectivity index (χ3v) is 13.6. The van der Waals surface area contributed by atoms with Crippen molar-refractivity contribution in [3.63, 3.8) is 0 Å². The summed E-state index contributed by atoms with van der Waals surface area (Å²) in [5.41, 5.74) is 18.1. The Morgan fingerprint density at radius 2 is 0.735 bits per heavy atom. The van der Waals surface area contributed by atoms with Crippen LogP contribution in [0.5, 0.6) is 0 Å². The maximum Gasteiger partial charge on any atom is 0.164 e. The Kier molecular flexibility index (Phi) is 9.36. The summed E-state index contributed by atoms with van der Waals surface area (Å²) in [5, 5.41) is 2.23. The lowest BCUT2D eigenvalue weighted by atomic mass is 9.67. The highest BCUT2D eigenvalue weighted by atomic mass is 16.3. The zero-order valence-electron chi connectivity index (χ0n) is 36.9. The van der Waals surface area contributed by atoms with Crippen LogP contribution in [0.25, 0.3) is 101 Å². The van der Waals surface area contributed by atoms with Crippen molar-refractivity contribution >= 4 is 21.9 Å². The molecule has 13 rings (SSSR count). The average Bonchev–Trinajstić information content (AvgIpc) is 3.94. The lowest BCUT2D eigenvalue weighted by molar-refractivity contribution is 0.669. The van der Waals surface area contributed by atoms with Gasteiger partial charge in [-0.15, -0.1) is 0 Å². The van der Waals surface area contributed by atoms with Crippen LogP contribution >= 0.6 is 0 Å². The molecule has 0 unspecified atom stereocenters. The first-order valence-electron chi connectivity index (χ1n) is 23.1. The second-order valence-corrected chi connectivity index (χ2v) is 17.5. The van der Waals surface area contributed by atoms with Crippen LogP contribution < -0.4 is 0 Å². The van der Waals surface area contributed by atoms with Gasteiger partial charge >= 0.3 is 0 Å². The van der Waals surface area contributed by atoms with Crippen molar-refractivity contribution < 1.29 is 4.42 Å². The third-order valence-electron chi connectivity index (χ3n) is 13.6. The number of hydrogen-bond donors (Lipinski definition) is 0. The molecule has 0 N–H and O–H groups in total. The summed E-state index contributed by atoms with van der Waals surface area (Å²) in [6.07, 6.45) is 0. The fourth-order valence-electron chi connectivity index (χ4n) is 10.5. The fourth-order valence-corrected chi connectivity index (χ4v) is 10.5. The van der Waals surface area contributed by atoms with Gasteiger partial charge in [0.15, 0.2) is 17.5 Å². The first-order chi connectivity index (χ1) is 33.7. The first-order valence-corrected chi connectivity index (χ1v) is 23.1. The number of rotatable bonds is 8. The molecule has 12 aromatic rings. The highest BCUT2D eigenvalue weighted by Crippen LogP contribution is 2.58. The minimum Gasteiger partial charge on any atom is -0.456 e. The Hall–Kier alpha value is -8.99. The minimum atomic E-state index is -0.557. The van der Waals surface area contributed by atoms with Gasteiger partial charge in [0.1, 0.15) is 11.2 Å². The molecule has 68 heavy (non-hydrogen) atoms. The number of aromatic nitrogens is 3. The van der Waals surface area contributed by atoms with Crippen molar-refractivity contribution in [2.75, 3.05) is 0 Å². The highest BCUT2D eigenvalue weighted by Gasteiger charge is 2.46. The van der Waals surface area contributed by atoms with E-state index in [2.05, 4.69) is 176 Å². The number of hydrogen-bond acceptors (Lipinski definition) is 4. The molecule has 0 saturated carbocycles. The van der Waals surface area contributed by atoms with Crippen LogP contribution in [0.3, 0.4) is 0 Å². The van der Waals surface area contributed by atoms with E-state index in [-0.39, 0.29) is 0 Å². The Morgan fingerprint density at radius 1 is 0.265 bits per heavy atom. The van der Waals surface area contributed by atoms with Gasteiger partial charge in [0, 0.05) is 27.5 Å². The lowest BCUT2D eigenvalue weighted by Gasteiger charge is -2.34. The molecule has 1 aliphatic rings. The molecule has 0 aliphatic heterocycles. The molecule has 2 aromatic heterocycles. The normalized spacial score (nSPS) is 12.5. The Labute approximate surface area is 394 Å². The van der Waals surface area contributed by atoms with Crippen LogP contribution in [0.2, 0.25) is 0 Å². The van der Waals surface area contributed by atoms with Crippen LogP contribution in [-0.2, 0) is 5.41 Å². The summed E-state index contributed by atoms with van der Waals surface area (Å²) in [6.45, 7) is 0. The highest BCUT2D eigenvalue weighted by molar-refractivity contribution is 6.07. The topological polar surface area (TPSA) is 51.8 Å². The fraction of sp³-hybridized carbons (Fsp3) is 0.0156. The van der Waals surface area contributed by atoms with E-state index in [1.165, 1.54) is 33.4 Å². The van der Waals surface area contributed by atoms with Gasteiger partial charge in [-0.25, -0.2) is 15.0 Å². The molecule has 0 amide bonds. The summed E-state index contributed by atoms with van der Waals surface area (Å²) in [6, 6.07) is 88.6. The molecule has 1 aliphatic carbocycles. The van der Waals surface area contributed by atoms with E-state index in [9.17, 15) is 0 Å². The molecule has 0 spiro atoms. The van der Waals surface area contributed by atoms with Gasteiger partial charge in [-0.3, -0.25) is 0 Å². The molecule has 0 bridgehead atoms. The van der Waals surface area contributed by atoms with Crippen molar-refractivity contribution in [3.05, 3.63) is 271 Å². The molecule has 4 heteroatoms. The van der Waals surface area contributed by atoms with Gasteiger partial charge in [0.05, 0.1) is 5.41 Å². The second-order valence-electron chi connectivity index (χ2n) is 17.5. The molecular weight excluding hydrogens is 827 g/mol. The van der Waals surface area contributed by atoms with Crippen LogP contribution in [0.15, 0.2) is 253 Å². The van der Waals surface area contributed by atoms with E-state index in [1.54, 1.807) is 0 Å². The number of furan rings is 1. The van der Waals surface area contributed by atoms with Gasteiger partial charge in [0.2, 0.25) is 0 Å². The second kappa shape index (κ2) is 16.2. The lowest BCUT2D eigenvalue weighted by Crippen LogP contribution is -2.28. The summed E-state index contributed by atoms with van der Waals surface area (Å²) in [5.74, 6) is 1.89. The van der Waals surface area contributed by atoms with E-state index in [0.29, 0.717) is 17.5 Å². The molecule has 10 aromatic carbocycles. The summed E-state index contributed by atoms with van der Waals surface area (Å²) < 4.78 is 6.53.